The number of hydrogen-bond acceptors (Lipinski definition) is 7. The van der Waals surface area contributed by atoms with E-state index in [9.17, 15) is 19.7 Å². The average Bonchev–Trinajstić information content (AvgIpc) is 2.81. The molecule has 0 aliphatic carbocycles. The molecule has 1 heterocycles. The first-order valence-electron chi connectivity index (χ1n) is 9.62. The van der Waals surface area contributed by atoms with Gasteiger partial charge in [-0.15, -0.1) is 0 Å². The van der Waals surface area contributed by atoms with Crippen molar-refractivity contribution in [1.29, 1.82) is 0 Å². The molecule has 3 aromatic carbocycles. The summed E-state index contributed by atoms with van der Waals surface area (Å²) in [4.78, 5) is 35.7. The molecule has 0 atom stereocenters. The van der Waals surface area contributed by atoms with E-state index in [4.69, 9.17) is 14.2 Å². The zero-order valence-corrected chi connectivity index (χ0v) is 16.9. The molecule has 4 rings (SSSR count). The summed E-state index contributed by atoms with van der Waals surface area (Å²) in [6.07, 6.45) is 0. The Morgan fingerprint density at radius 3 is 2.25 bits per heavy atom. The van der Waals surface area contributed by atoms with Crippen molar-refractivity contribution in [3.8, 4) is 17.2 Å². The highest BCUT2D eigenvalue weighted by Gasteiger charge is 2.33. The van der Waals surface area contributed by atoms with Gasteiger partial charge in [-0.05, 0) is 18.2 Å². The molecule has 1 N–H and O–H groups in total. The van der Waals surface area contributed by atoms with Crippen LogP contribution in [0.3, 0.4) is 0 Å². The number of nitro benzene ring substituents is 1. The average molecular weight is 434 g/mol. The van der Waals surface area contributed by atoms with E-state index in [0.29, 0.717) is 22.6 Å². The number of methoxy groups -OCH3 is 1. The van der Waals surface area contributed by atoms with Gasteiger partial charge in [-0.2, -0.15) is 0 Å². The van der Waals surface area contributed by atoms with E-state index in [-0.39, 0.29) is 17.1 Å². The molecule has 1 amide bonds. The number of ether oxygens (including phenoxy) is 3. The standard InChI is InChI=1S/C23H18N2O7/c1-30-20-12-14(25(28)29)10-11-17(20)24-21(26)13-31-23(27)22-15-6-2-4-8-18(15)32-19-9-5-3-7-16(19)22/h2-12,22H,13H2,1H3,(H,24,26). The van der Waals surface area contributed by atoms with Crippen LogP contribution in [0.25, 0.3) is 0 Å². The number of carbonyl (C=O) groups is 2. The van der Waals surface area contributed by atoms with Crippen LogP contribution in [0.1, 0.15) is 17.0 Å². The van der Waals surface area contributed by atoms with Crippen molar-refractivity contribution < 1.29 is 28.7 Å². The van der Waals surface area contributed by atoms with Crippen molar-refractivity contribution in [2.24, 2.45) is 0 Å². The number of carbonyl (C=O) groups excluding carboxylic acids is 2. The molecule has 3 aromatic rings. The molecule has 0 saturated carbocycles. The van der Waals surface area contributed by atoms with Crippen LogP contribution in [0.15, 0.2) is 66.7 Å². The Labute approximate surface area is 182 Å². The van der Waals surface area contributed by atoms with Crippen LogP contribution in [-0.4, -0.2) is 30.5 Å². The smallest absolute Gasteiger partial charge is 0.318 e. The molecule has 162 valence electrons. The lowest BCUT2D eigenvalue weighted by atomic mass is 9.88. The number of nitrogens with one attached hydrogen (secondary N) is 1. The maximum absolute atomic E-state index is 13.0. The van der Waals surface area contributed by atoms with Gasteiger partial charge in [0, 0.05) is 17.2 Å². The number of hydrogen-bond donors (Lipinski definition) is 1. The van der Waals surface area contributed by atoms with Crippen molar-refractivity contribution in [2.45, 2.75) is 5.92 Å². The fourth-order valence-corrected chi connectivity index (χ4v) is 3.47. The molecule has 9 heteroatoms. The van der Waals surface area contributed by atoms with E-state index in [1.165, 1.54) is 25.3 Å². The minimum atomic E-state index is -0.738. The number of nitro groups is 1. The number of para-hydroxylation sites is 2. The number of anilines is 1. The van der Waals surface area contributed by atoms with Gasteiger partial charge in [0.1, 0.15) is 23.2 Å². The normalized spacial score (nSPS) is 12.0. The Balaban J connectivity index is 1.48. The first-order chi connectivity index (χ1) is 15.5. The highest BCUT2D eigenvalue weighted by molar-refractivity contribution is 5.95. The third-order valence-corrected chi connectivity index (χ3v) is 4.93. The summed E-state index contributed by atoms with van der Waals surface area (Å²) in [5.74, 6) is -0.733. The van der Waals surface area contributed by atoms with E-state index in [0.717, 1.165) is 0 Å². The summed E-state index contributed by atoms with van der Waals surface area (Å²) in [7, 11) is 1.33. The van der Waals surface area contributed by atoms with Crippen molar-refractivity contribution in [1.82, 2.24) is 0 Å². The second-order valence-electron chi connectivity index (χ2n) is 6.91. The summed E-state index contributed by atoms with van der Waals surface area (Å²) in [5.41, 5.74) is 1.34. The monoisotopic (exact) mass is 434 g/mol. The van der Waals surface area contributed by atoms with Gasteiger partial charge < -0.3 is 19.5 Å². The lowest BCUT2D eigenvalue weighted by molar-refractivity contribution is -0.384. The molecule has 32 heavy (non-hydrogen) atoms. The molecule has 1 aliphatic rings. The van der Waals surface area contributed by atoms with Gasteiger partial charge in [0.05, 0.1) is 23.8 Å². The third kappa shape index (κ3) is 4.08. The number of fused-ring (bicyclic) bond motifs is 2. The zero-order valence-electron chi connectivity index (χ0n) is 16.9. The molecule has 0 aromatic heterocycles. The molecular formula is C23H18N2O7. The number of rotatable bonds is 6. The first-order valence-corrected chi connectivity index (χ1v) is 9.62. The molecule has 0 radical (unpaired) electrons. The molecule has 0 bridgehead atoms. The maximum Gasteiger partial charge on any atom is 0.318 e. The Kier molecular flexibility index (Phi) is 5.71. The van der Waals surface area contributed by atoms with Crippen LogP contribution in [0.4, 0.5) is 11.4 Å². The first kappa shape index (κ1) is 20.9. The number of non-ortho nitro benzene ring substituents is 1. The summed E-state index contributed by atoms with van der Waals surface area (Å²) < 4.78 is 16.3. The summed E-state index contributed by atoms with van der Waals surface area (Å²) >= 11 is 0. The number of nitrogens with zero attached hydrogens (tertiary/aromatic N) is 1. The topological polar surface area (TPSA) is 117 Å². The van der Waals surface area contributed by atoms with Crippen molar-refractivity contribution in [3.63, 3.8) is 0 Å². The van der Waals surface area contributed by atoms with Crippen LogP contribution in [0, 0.1) is 10.1 Å². The van der Waals surface area contributed by atoms with E-state index < -0.39 is 29.3 Å². The lowest BCUT2D eigenvalue weighted by Crippen LogP contribution is -2.26. The molecule has 0 unspecified atom stereocenters. The SMILES string of the molecule is COc1cc([N+](=O)[O-])ccc1NC(=O)COC(=O)C1c2ccccc2Oc2ccccc21. The van der Waals surface area contributed by atoms with Gasteiger partial charge >= 0.3 is 5.97 Å². The van der Waals surface area contributed by atoms with E-state index in [2.05, 4.69) is 5.32 Å². The van der Waals surface area contributed by atoms with Crippen molar-refractivity contribution in [2.75, 3.05) is 19.0 Å². The van der Waals surface area contributed by atoms with Gasteiger partial charge in [0.2, 0.25) is 0 Å². The minimum Gasteiger partial charge on any atom is -0.494 e. The molecule has 1 aliphatic heterocycles. The van der Waals surface area contributed by atoms with E-state index >= 15 is 0 Å². The summed E-state index contributed by atoms with van der Waals surface area (Å²) in [6.45, 7) is -0.541. The summed E-state index contributed by atoms with van der Waals surface area (Å²) in [5, 5.41) is 13.4. The van der Waals surface area contributed by atoms with Crippen LogP contribution >= 0.6 is 0 Å². The second kappa shape index (κ2) is 8.76. The predicted molar refractivity (Wildman–Crippen MR) is 114 cm³/mol. The van der Waals surface area contributed by atoms with Crippen LogP contribution in [-0.2, 0) is 14.3 Å². The largest absolute Gasteiger partial charge is 0.494 e. The quantitative estimate of drug-likeness (QED) is 0.354. The van der Waals surface area contributed by atoms with Gasteiger partial charge in [-0.3, -0.25) is 19.7 Å². The van der Waals surface area contributed by atoms with Crippen molar-refractivity contribution >= 4 is 23.3 Å². The molecular weight excluding hydrogens is 416 g/mol. The van der Waals surface area contributed by atoms with Gasteiger partial charge in [-0.25, -0.2) is 0 Å². The van der Waals surface area contributed by atoms with Crippen molar-refractivity contribution in [3.05, 3.63) is 88.0 Å². The number of benzene rings is 3. The van der Waals surface area contributed by atoms with Crippen LogP contribution < -0.4 is 14.8 Å². The van der Waals surface area contributed by atoms with Gasteiger partial charge in [-0.1, -0.05) is 36.4 Å². The fourth-order valence-electron chi connectivity index (χ4n) is 3.47. The zero-order chi connectivity index (χ0) is 22.7. The Morgan fingerprint density at radius 1 is 1.03 bits per heavy atom. The molecule has 9 nitrogen and oxygen atoms in total. The number of amides is 1. The van der Waals surface area contributed by atoms with E-state index in [1.54, 1.807) is 48.5 Å². The van der Waals surface area contributed by atoms with Gasteiger partial charge in [0.25, 0.3) is 11.6 Å². The third-order valence-electron chi connectivity index (χ3n) is 4.93. The predicted octanol–water partition coefficient (Wildman–Crippen LogP) is 4.02. The highest BCUT2D eigenvalue weighted by Crippen LogP contribution is 2.44. The van der Waals surface area contributed by atoms with E-state index in [1.807, 2.05) is 0 Å². The van der Waals surface area contributed by atoms with Gasteiger partial charge in [0.15, 0.2) is 6.61 Å². The number of esters is 1. The van der Waals surface area contributed by atoms with Crippen LogP contribution in [0.5, 0.6) is 17.2 Å². The Hall–Kier alpha value is -4.40. The molecule has 0 fully saturated rings. The maximum atomic E-state index is 13.0. The minimum absolute atomic E-state index is 0.117. The highest BCUT2D eigenvalue weighted by atomic mass is 16.6. The summed E-state index contributed by atoms with van der Waals surface area (Å²) in [6, 6.07) is 18.1. The Bertz CT molecular complexity index is 1160. The second-order valence-corrected chi connectivity index (χ2v) is 6.91. The van der Waals surface area contributed by atoms with Crippen LogP contribution in [0.2, 0.25) is 0 Å². The Morgan fingerprint density at radius 2 is 1.66 bits per heavy atom. The fraction of sp³-hybridized carbons (Fsp3) is 0.130. The molecule has 0 spiro atoms. The molecule has 0 saturated heterocycles. The lowest BCUT2D eigenvalue weighted by Gasteiger charge is -2.26.